The lowest BCUT2D eigenvalue weighted by atomic mass is 9.97. The Morgan fingerprint density at radius 3 is 2.62 bits per heavy atom. The van der Waals surface area contributed by atoms with Crippen molar-refractivity contribution in [3.63, 3.8) is 0 Å². The molecule has 0 aliphatic carbocycles. The van der Waals surface area contributed by atoms with Gasteiger partial charge in [-0.25, -0.2) is 9.69 Å². The molecule has 0 radical (unpaired) electrons. The van der Waals surface area contributed by atoms with Gasteiger partial charge >= 0.3 is 12.2 Å². The minimum Gasteiger partial charge on any atom is -0.496 e. The van der Waals surface area contributed by atoms with Crippen molar-refractivity contribution in [2.45, 2.75) is 36.0 Å². The number of amides is 4. The number of methoxy groups -OCH3 is 1. The lowest BCUT2D eigenvalue weighted by Gasteiger charge is -2.32. The summed E-state index contributed by atoms with van der Waals surface area (Å²) in [7, 11) is 1.47. The summed E-state index contributed by atoms with van der Waals surface area (Å²) in [6.07, 6.45) is -2.12. The number of carbonyl (C=O) groups excluding carboxylic acids is 3. The highest BCUT2D eigenvalue weighted by Crippen LogP contribution is 2.35. The number of hydrogen-bond donors (Lipinski definition) is 1. The second-order valence-electron chi connectivity index (χ2n) is 7.97. The number of imide groups is 1. The molecule has 1 N–H and O–H groups in total. The normalized spacial score (nSPS) is 20.4. The van der Waals surface area contributed by atoms with E-state index < -0.39 is 35.8 Å². The molecule has 0 aromatic heterocycles. The van der Waals surface area contributed by atoms with Crippen molar-refractivity contribution in [3.8, 4) is 5.75 Å². The maximum atomic E-state index is 13.1. The number of anilines is 1. The fourth-order valence-corrected chi connectivity index (χ4v) is 4.67. The number of halogens is 3. The highest BCUT2D eigenvalue weighted by molar-refractivity contribution is 7.98. The van der Waals surface area contributed by atoms with E-state index in [4.69, 9.17) is 4.74 Å². The molecule has 4 rings (SSSR count). The monoisotopic (exact) mass is 493 g/mol. The van der Waals surface area contributed by atoms with Gasteiger partial charge in [0.2, 0.25) is 0 Å². The molecular weight excluding hydrogens is 471 g/mol. The number of urea groups is 1. The van der Waals surface area contributed by atoms with Gasteiger partial charge in [-0.3, -0.25) is 9.59 Å². The van der Waals surface area contributed by atoms with Crippen LogP contribution in [0.2, 0.25) is 0 Å². The molecule has 4 amide bonds. The Morgan fingerprint density at radius 2 is 1.94 bits per heavy atom. The minimum absolute atomic E-state index is 0.126. The predicted octanol–water partition coefficient (Wildman–Crippen LogP) is 4.17. The molecule has 2 heterocycles. The molecule has 0 spiro atoms. The first-order valence-corrected chi connectivity index (χ1v) is 11.7. The molecular formula is C23H22F3N3O4S. The molecule has 34 heavy (non-hydrogen) atoms. The van der Waals surface area contributed by atoms with Crippen molar-refractivity contribution >= 4 is 35.3 Å². The number of thioether (sulfide) groups is 1. The van der Waals surface area contributed by atoms with Gasteiger partial charge in [0.1, 0.15) is 11.8 Å². The van der Waals surface area contributed by atoms with Crippen LogP contribution in [0.3, 0.4) is 0 Å². The van der Waals surface area contributed by atoms with E-state index in [1.165, 1.54) is 29.8 Å². The number of piperidine rings is 1. The van der Waals surface area contributed by atoms with Crippen LogP contribution in [-0.2, 0) is 11.0 Å². The first-order chi connectivity index (χ1) is 16.1. The zero-order valence-electron chi connectivity index (χ0n) is 18.4. The Kier molecular flexibility index (Phi) is 6.48. The Balaban J connectivity index is 1.50. The lowest BCUT2D eigenvalue weighted by molar-refractivity contribution is -0.137. The van der Waals surface area contributed by atoms with Crippen molar-refractivity contribution in [2.75, 3.05) is 24.8 Å². The van der Waals surface area contributed by atoms with Crippen molar-refractivity contribution < 1.29 is 32.3 Å². The smallest absolute Gasteiger partial charge is 0.416 e. The maximum Gasteiger partial charge on any atom is 0.416 e. The zero-order valence-corrected chi connectivity index (χ0v) is 19.2. The summed E-state index contributed by atoms with van der Waals surface area (Å²) in [4.78, 5) is 41.8. The number of nitrogens with one attached hydrogen (secondary N) is 1. The average Bonchev–Trinajstić information content (AvgIpc) is 3.07. The van der Waals surface area contributed by atoms with E-state index in [0.717, 1.165) is 28.0 Å². The van der Waals surface area contributed by atoms with Crippen LogP contribution in [0.25, 0.3) is 0 Å². The van der Waals surface area contributed by atoms with Crippen LogP contribution in [0.1, 0.15) is 28.8 Å². The first-order valence-electron chi connectivity index (χ1n) is 10.5. The molecule has 2 aliphatic rings. The summed E-state index contributed by atoms with van der Waals surface area (Å²) >= 11 is 1.51. The van der Waals surface area contributed by atoms with Crippen LogP contribution < -0.4 is 15.0 Å². The summed E-state index contributed by atoms with van der Waals surface area (Å²) in [5.74, 6) is -0.552. The number of nitrogens with zero attached hydrogens (tertiary/aromatic N) is 2. The molecule has 7 nitrogen and oxygen atoms in total. The number of fused-ring (bicyclic) bond motifs is 1. The van der Waals surface area contributed by atoms with Crippen LogP contribution in [0.4, 0.5) is 23.7 Å². The van der Waals surface area contributed by atoms with Crippen molar-refractivity contribution in [1.29, 1.82) is 0 Å². The minimum atomic E-state index is -4.60. The summed E-state index contributed by atoms with van der Waals surface area (Å²) in [6, 6.07) is 7.44. The molecule has 0 unspecified atom stereocenters. The molecule has 0 saturated carbocycles. The second-order valence-corrected chi connectivity index (χ2v) is 8.85. The molecule has 11 heteroatoms. The highest BCUT2D eigenvalue weighted by Gasteiger charge is 2.49. The third-order valence-corrected chi connectivity index (χ3v) is 6.69. The number of benzene rings is 2. The maximum absolute atomic E-state index is 13.1. The van der Waals surface area contributed by atoms with Gasteiger partial charge in [0.15, 0.2) is 0 Å². The van der Waals surface area contributed by atoms with Gasteiger partial charge in [-0.15, -0.1) is 11.8 Å². The zero-order chi connectivity index (χ0) is 24.6. The molecule has 2 atom stereocenters. The molecule has 0 bridgehead atoms. The number of alkyl halides is 3. The van der Waals surface area contributed by atoms with E-state index >= 15 is 0 Å². The third kappa shape index (κ3) is 4.44. The van der Waals surface area contributed by atoms with Gasteiger partial charge < -0.3 is 15.0 Å². The topological polar surface area (TPSA) is 79.0 Å². The SMILES string of the molecule is COc1cc(SC)ccc1C(=O)N[C@H]1CCN2C(=O)N(c3cccc(C(F)(F)F)c3)C(=O)[C@@H]2C1. The van der Waals surface area contributed by atoms with Gasteiger partial charge in [0.05, 0.1) is 23.9 Å². The summed E-state index contributed by atoms with van der Waals surface area (Å²) < 4.78 is 44.6. The largest absolute Gasteiger partial charge is 0.496 e. The fraction of sp³-hybridized carbons (Fsp3) is 0.348. The molecule has 2 saturated heterocycles. The molecule has 2 aromatic carbocycles. The average molecular weight is 494 g/mol. The van der Waals surface area contributed by atoms with Crippen LogP contribution in [0.5, 0.6) is 5.75 Å². The van der Waals surface area contributed by atoms with Crippen LogP contribution in [0.15, 0.2) is 47.4 Å². The van der Waals surface area contributed by atoms with E-state index in [9.17, 15) is 27.6 Å². The van der Waals surface area contributed by atoms with E-state index in [1.54, 1.807) is 18.2 Å². The van der Waals surface area contributed by atoms with Crippen LogP contribution in [0, 0.1) is 0 Å². The van der Waals surface area contributed by atoms with E-state index in [1.807, 2.05) is 6.26 Å². The second kappa shape index (κ2) is 9.21. The third-order valence-electron chi connectivity index (χ3n) is 5.97. The number of rotatable bonds is 5. The fourth-order valence-electron chi connectivity index (χ4n) is 4.24. The summed E-state index contributed by atoms with van der Waals surface area (Å²) in [6.45, 7) is 0.193. The Morgan fingerprint density at radius 1 is 1.18 bits per heavy atom. The number of hydrogen-bond acceptors (Lipinski definition) is 5. The van der Waals surface area contributed by atoms with Gasteiger partial charge in [-0.2, -0.15) is 13.2 Å². The molecule has 180 valence electrons. The van der Waals surface area contributed by atoms with Gasteiger partial charge in [0, 0.05) is 17.5 Å². The Labute approximate surface area is 198 Å². The van der Waals surface area contributed by atoms with Crippen molar-refractivity contribution in [2.24, 2.45) is 0 Å². The van der Waals surface area contributed by atoms with E-state index in [0.29, 0.717) is 17.7 Å². The van der Waals surface area contributed by atoms with Gasteiger partial charge in [-0.05, 0) is 55.5 Å². The van der Waals surface area contributed by atoms with Crippen molar-refractivity contribution in [1.82, 2.24) is 10.2 Å². The number of ether oxygens (including phenoxy) is 1. The van der Waals surface area contributed by atoms with Crippen molar-refractivity contribution in [3.05, 3.63) is 53.6 Å². The Bertz CT molecular complexity index is 1140. The lowest BCUT2D eigenvalue weighted by Crippen LogP contribution is -2.49. The highest BCUT2D eigenvalue weighted by atomic mass is 32.2. The summed E-state index contributed by atoms with van der Waals surface area (Å²) in [5, 5.41) is 2.90. The van der Waals surface area contributed by atoms with Crippen LogP contribution in [-0.4, -0.2) is 54.7 Å². The van der Waals surface area contributed by atoms with Crippen LogP contribution >= 0.6 is 11.8 Å². The number of carbonyl (C=O) groups is 3. The van der Waals surface area contributed by atoms with Gasteiger partial charge in [-0.1, -0.05) is 6.07 Å². The Hall–Kier alpha value is -3.21. The quantitative estimate of drug-likeness (QED) is 0.500. The predicted molar refractivity (Wildman–Crippen MR) is 120 cm³/mol. The van der Waals surface area contributed by atoms with Gasteiger partial charge in [0.25, 0.3) is 11.8 Å². The molecule has 2 fully saturated rings. The first kappa shape index (κ1) is 23.9. The summed E-state index contributed by atoms with van der Waals surface area (Å²) in [5.41, 5.74) is -0.720. The molecule has 2 aromatic rings. The van der Waals surface area contributed by atoms with E-state index in [2.05, 4.69) is 5.32 Å². The standard InChI is InChI=1S/C23H22F3N3O4S/c1-33-19-12-16(34-2)6-7-17(19)20(30)27-14-8-9-28-18(11-14)21(31)29(22(28)32)15-5-3-4-13(10-15)23(24,25)26/h3-7,10,12,14,18H,8-9,11H2,1-2H3,(H,27,30)/t14-,18-/m0/s1. The van der Waals surface area contributed by atoms with E-state index in [-0.39, 0.29) is 24.6 Å². The molecule has 2 aliphatic heterocycles.